The van der Waals surface area contributed by atoms with E-state index in [1.165, 1.54) is 18.4 Å². The molecule has 1 aliphatic carbocycles. The molecule has 0 bridgehead atoms. The Kier molecular flexibility index (Phi) is 2.57. The number of fused-ring (bicyclic) bond motifs is 1. The van der Waals surface area contributed by atoms with Crippen molar-refractivity contribution in [2.24, 2.45) is 0 Å². The van der Waals surface area contributed by atoms with Gasteiger partial charge in [-0.05, 0) is 43.2 Å². The second kappa shape index (κ2) is 4.31. The van der Waals surface area contributed by atoms with Crippen LogP contribution in [0.1, 0.15) is 18.9 Å². The van der Waals surface area contributed by atoms with E-state index in [9.17, 15) is 0 Å². The summed E-state index contributed by atoms with van der Waals surface area (Å²) in [6.07, 6.45) is 4.11. The Morgan fingerprint density at radius 2 is 2.05 bits per heavy atom. The summed E-state index contributed by atoms with van der Waals surface area (Å²) >= 11 is 3.50. The van der Waals surface area contributed by atoms with Crippen molar-refractivity contribution in [1.29, 1.82) is 0 Å². The van der Waals surface area contributed by atoms with Crippen molar-refractivity contribution >= 4 is 32.7 Å². The number of benzene rings is 1. The maximum absolute atomic E-state index is 5.71. The standard InChI is InChI=1S/C15H13BrN4/c16-9-1-6-14-13(7-9)19-15(20(14)11-3-4-11)12-5-2-10(17)8-18-12/h1-2,5-8,11H,3-4,17H2. The van der Waals surface area contributed by atoms with Crippen molar-refractivity contribution in [2.75, 3.05) is 5.73 Å². The molecule has 5 heteroatoms. The van der Waals surface area contributed by atoms with Crippen LogP contribution in [0.25, 0.3) is 22.6 Å². The number of nitrogen functional groups attached to an aromatic ring is 1. The lowest BCUT2D eigenvalue weighted by Gasteiger charge is -2.07. The highest BCUT2D eigenvalue weighted by atomic mass is 79.9. The predicted molar refractivity (Wildman–Crippen MR) is 83.3 cm³/mol. The van der Waals surface area contributed by atoms with Gasteiger partial charge in [0, 0.05) is 10.5 Å². The highest BCUT2D eigenvalue weighted by Gasteiger charge is 2.29. The molecule has 0 unspecified atom stereocenters. The molecule has 1 aliphatic rings. The van der Waals surface area contributed by atoms with Crippen molar-refractivity contribution in [1.82, 2.24) is 14.5 Å². The zero-order valence-electron chi connectivity index (χ0n) is 10.8. The van der Waals surface area contributed by atoms with Crippen LogP contribution in [-0.2, 0) is 0 Å². The largest absolute Gasteiger partial charge is 0.397 e. The third-order valence-electron chi connectivity index (χ3n) is 3.58. The van der Waals surface area contributed by atoms with Gasteiger partial charge in [-0.25, -0.2) is 4.98 Å². The average molecular weight is 329 g/mol. The average Bonchev–Trinajstić information content (AvgIpc) is 3.20. The van der Waals surface area contributed by atoms with E-state index in [0.717, 1.165) is 21.5 Å². The van der Waals surface area contributed by atoms with E-state index in [1.807, 2.05) is 12.1 Å². The Morgan fingerprint density at radius 3 is 2.75 bits per heavy atom. The van der Waals surface area contributed by atoms with Crippen LogP contribution >= 0.6 is 15.9 Å². The first kappa shape index (κ1) is 11.9. The summed E-state index contributed by atoms with van der Waals surface area (Å²) in [7, 11) is 0. The maximum Gasteiger partial charge on any atom is 0.160 e. The molecular formula is C15H13BrN4. The molecule has 3 aromatic rings. The van der Waals surface area contributed by atoms with Crippen LogP contribution in [0.15, 0.2) is 41.0 Å². The van der Waals surface area contributed by atoms with Gasteiger partial charge < -0.3 is 10.3 Å². The zero-order valence-corrected chi connectivity index (χ0v) is 12.3. The molecule has 100 valence electrons. The number of rotatable bonds is 2. The molecule has 2 heterocycles. The first-order valence-corrected chi connectivity index (χ1v) is 7.41. The molecule has 4 rings (SSSR count). The number of nitrogens with two attached hydrogens (primary N) is 1. The molecular weight excluding hydrogens is 316 g/mol. The van der Waals surface area contributed by atoms with E-state index in [-0.39, 0.29) is 0 Å². The number of aromatic nitrogens is 3. The Bertz CT molecular complexity index is 787. The number of anilines is 1. The van der Waals surface area contributed by atoms with Gasteiger partial charge in [0.25, 0.3) is 0 Å². The summed E-state index contributed by atoms with van der Waals surface area (Å²) in [5, 5.41) is 0. The molecule has 0 atom stereocenters. The number of pyridine rings is 1. The van der Waals surface area contributed by atoms with Gasteiger partial charge in [-0.15, -0.1) is 0 Å². The molecule has 0 amide bonds. The third kappa shape index (κ3) is 1.89. The van der Waals surface area contributed by atoms with E-state index in [4.69, 9.17) is 10.7 Å². The minimum atomic E-state index is 0.551. The van der Waals surface area contributed by atoms with Gasteiger partial charge >= 0.3 is 0 Å². The van der Waals surface area contributed by atoms with Crippen molar-refractivity contribution in [3.8, 4) is 11.5 Å². The Hall–Kier alpha value is -1.88. The summed E-state index contributed by atoms with van der Waals surface area (Å²) in [6, 6.07) is 10.6. The molecule has 20 heavy (non-hydrogen) atoms. The second-order valence-corrected chi connectivity index (χ2v) is 6.06. The van der Waals surface area contributed by atoms with Crippen LogP contribution < -0.4 is 5.73 Å². The van der Waals surface area contributed by atoms with Crippen molar-refractivity contribution < 1.29 is 0 Å². The van der Waals surface area contributed by atoms with Crippen molar-refractivity contribution in [2.45, 2.75) is 18.9 Å². The van der Waals surface area contributed by atoms with E-state index in [0.29, 0.717) is 11.7 Å². The SMILES string of the molecule is Nc1ccc(-c2nc3cc(Br)ccc3n2C2CC2)nc1. The van der Waals surface area contributed by atoms with Crippen molar-refractivity contribution in [3.63, 3.8) is 0 Å². The minimum absolute atomic E-state index is 0.551. The predicted octanol–water partition coefficient (Wildman–Crippen LogP) is 3.78. The normalized spacial score (nSPS) is 14.8. The number of imidazole rings is 1. The maximum atomic E-state index is 5.71. The quantitative estimate of drug-likeness (QED) is 0.778. The fourth-order valence-corrected chi connectivity index (χ4v) is 2.84. The summed E-state index contributed by atoms with van der Waals surface area (Å²) < 4.78 is 3.35. The molecule has 1 saturated carbocycles. The van der Waals surface area contributed by atoms with Crippen LogP contribution in [0.4, 0.5) is 5.69 Å². The van der Waals surface area contributed by atoms with Crippen LogP contribution in [0.2, 0.25) is 0 Å². The zero-order chi connectivity index (χ0) is 13.7. The summed E-state index contributed by atoms with van der Waals surface area (Å²) in [5.74, 6) is 0.931. The van der Waals surface area contributed by atoms with Gasteiger partial charge in [-0.1, -0.05) is 15.9 Å². The number of halogens is 1. The molecule has 0 radical (unpaired) electrons. The first-order chi connectivity index (χ1) is 9.72. The molecule has 0 saturated heterocycles. The fourth-order valence-electron chi connectivity index (χ4n) is 2.49. The van der Waals surface area contributed by atoms with E-state index < -0.39 is 0 Å². The smallest absolute Gasteiger partial charge is 0.160 e. The third-order valence-corrected chi connectivity index (χ3v) is 4.07. The molecule has 2 N–H and O–H groups in total. The van der Waals surface area contributed by atoms with Gasteiger partial charge in [0.2, 0.25) is 0 Å². The molecule has 0 aliphatic heterocycles. The summed E-state index contributed by atoms with van der Waals surface area (Å²) in [5.41, 5.74) is 9.43. The Morgan fingerprint density at radius 1 is 1.20 bits per heavy atom. The van der Waals surface area contributed by atoms with E-state index >= 15 is 0 Å². The van der Waals surface area contributed by atoms with Gasteiger partial charge in [-0.2, -0.15) is 0 Å². The summed E-state index contributed by atoms with van der Waals surface area (Å²) in [6.45, 7) is 0. The molecule has 1 fully saturated rings. The number of nitrogens with zero attached hydrogens (tertiary/aromatic N) is 3. The van der Waals surface area contributed by atoms with Crippen LogP contribution in [0, 0.1) is 0 Å². The topological polar surface area (TPSA) is 56.7 Å². The highest BCUT2D eigenvalue weighted by molar-refractivity contribution is 9.10. The first-order valence-electron chi connectivity index (χ1n) is 6.62. The molecule has 2 aromatic heterocycles. The van der Waals surface area contributed by atoms with Gasteiger partial charge in [0.05, 0.1) is 22.9 Å². The Balaban J connectivity index is 1.97. The van der Waals surface area contributed by atoms with Gasteiger partial charge in [0.15, 0.2) is 5.82 Å². The molecule has 0 spiro atoms. The highest BCUT2D eigenvalue weighted by Crippen LogP contribution is 2.41. The lowest BCUT2D eigenvalue weighted by Crippen LogP contribution is -1.99. The number of hydrogen-bond donors (Lipinski definition) is 1. The van der Waals surface area contributed by atoms with E-state index in [1.54, 1.807) is 6.20 Å². The second-order valence-electron chi connectivity index (χ2n) is 5.15. The van der Waals surface area contributed by atoms with Crippen LogP contribution in [0.3, 0.4) is 0 Å². The lowest BCUT2D eigenvalue weighted by molar-refractivity contribution is 0.772. The van der Waals surface area contributed by atoms with Crippen molar-refractivity contribution in [3.05, 3.63) is 41.0 Å². The minimum Gasteiger partial charge on any atom is -0.397 e. The van der Waals surface area contributed by atoms with Crippen LogP contribution in [-0.4, -0.2) is 14.5 Å². The summed E-state index contributed by atoms with van der Waals surface area (Å²) in [4.78, 5) is 9.18. The number of hydrogen-bond acceptors (Lipinski definition) is 3. The van der Waals surface area contributed by atoms with Gasteiger partial charge in [0.1, 0.15) is 5.69 Å². The van der Waals surface area contributed by atoms with Gasteiger partial charge in [-0.3, -0.25) is 4.98 Å². The monoisotopic (exact) mass is 328 g/mol. The van der Waals surface area contributed by atoms with Crippen LogP contribution in [0.5, 0.6) is 0 Å². The molecule has 1 aromatic carbocycles. The Labute approximate surface area is 124 Å². The fraction of sp³-hybridized carbons (Fsp3) is 0.200. The van der Waals surface area contributed by atoms with E-state index in [2.05, 4.69) is 43.7 Å². The lowest BCUT2D eigenvalue weighted by atomic mass is 10.3. The molecule has 4 nitrogen and oxygen atoms in total.